The molecule has 1 N–H and O–H groups in total. The van der Waals surface area contributed by atoms with E-state index in [0.717, 1.165) is 13.0 Å². The van der Waals surface area contributed by atoms with Crippen molar-refractivity contribution in [1.82, 2.24) is 5.32 Å². The molecular formula is C15H24ClNO3S. The first-order valence-corrected chi connectivity index (χ1v) is 9.59. The van der Waals surface area contributed by atoms with Crippen LogP contribution in [0.2, 0.25) is 5.02 Å². The highest BCUT2D eigenvalue weighted by Gasteiger charge is 2.20. The molecule has 0 bridgehead atoms. The van der Waals surface area contributed by atoms with Crippen molar-refractivity contribution in [2.45, 2.75) is 38.8 Å². The molecule has 1 aromatic carbocycles. The standard InChI is InChI=1S/C15H24ClNO3S/c1-4-9-17-15(8-10-21(3,18)19)12(2)20-14-7-5-6-13(16)11-14/h5-7,11-12,15,17H,4,8-10H2,1-3H3. The van der Waals surface area contributed by atoms with Crippen molar-refractivity contribution in [1.29, 1.82) is 0 Å². The zero-order chi connectivity index (χ0) is 15.9. The first-order chi connectivity index (χ1) is 9.81. The second-order valence-electron chi connectivity index (χ2n) is 5.26. The summed E-state index contributed by atoms with van der Waals surface area (Å²) in [6.07, 6.45) is 2.63. The Balaban J connectivity index is 2.67. The lowest BCUT2D eigenvalue weighted by Crippen LogP contribution is -2.43. The third-order valence-corrected chi connectivity index (χ3v) is 4.35. The maximum atomic E-state index is 11.3. The largest absolute Gasteiger partial charge is 0.489 e. The lowest BCUT2D eigenvalue weighted by atomic mass is 10.1. The molecule has 120 valence electrons. The van der Waals surface area contributed by atoms with Crippen LogP contribution in [0.15, 0.2) is 24.3 Å². The molecule has 0 radical (unpaired) electrons. The Morgan fingerprint density at radius 1 is 1.38 bits per heavy atom. The highest BCUT2D eigenvalue weighted by molar-refractivity contribution is 7.90. The van der Waals surface area contributed by atoms with Crippen molar-refractivity contribution in [3.63, 3.8) is 0 Å². The van der Waals surface area contributed by atoms with Gasteiger partial charge in [-0.25, -0.2) is 8.42 Å². The van der Waals surface area contributed by atoms with E-state index in [9.17, 15) is 8.42 Å². The van der Waals surface area contributed by atoms with E-state index in [1.807, 2.05) is 19.1 Å². The lowest BCUT2D eigenvalue weighted by Gasteiger charge is -2.26. The molecule has 0 amide bonds. The number of hydrogen-bond donors (Lipinski definition) is 1. The Bertz CT molecular complexity index is 533. The number of halogens is 1. The number of nitrogens with one attached hydrogen (secondary N) is 1. The van der Waals surface area contributed by atoms with Crippen LogP contribution in [0.25, 0.3) is 0 Å². The predicted molar refractivity (Wildman–Crippen MR) is 88.0 cm³/mol. The van der Waals surface area contributed by atoms with Crippen molar-refractivity contribution in [3.8, 4) is 5.75 Å². The minimum atomic E-state index is -2.97. The van der Waals surface area contributed by atoms with Crippen LogP contribution in [0.5, 0.6) is 5.75 Å². The van der Waals surface area contributed by atoms with Gasteiger partial charge in [0.1, 0.15) is 21.7 Å². The third-order valence-electron chi connectivity index (χ3n) is 3.14. The molecule has 0 aliphatic rings. The molecule has 0 aromatic heterocycles. The van der Waals surface area contributed by atoms with Gasteiger partial charge in [0.2, 0.25) is 0 Å². The van der Waals surface area contributed by atoms with Gasteiger partial charge in [0.25, 0.3) is 0 Å². The second-order valence-corrected chi connectivity index (χ2v) is 7.96. The Hall–Kier alpha value is -0.780. The molecule has 0 aliphatic carbocycles. The van der Waals surface area contributed by atoms with E-state index >= 15 is 0 Å². The van der Waals surface area contributed by atoms with Crippen LogP contribution >= 0.6 is 11.6 Å². The summed E-state index contributed by atoms with van der Waals surface area (Å²) in [5.74, 6) is 0.843. The van der Waals surface area contributed by atoms with E-state index in [1.54, 1.807) is 12.1 Å². The van der Waals surface area contributed by atoms with Crippen LogP contribution in [0.4, 0.5) is 0 Å². The summed E-state index contributed by atoms with van der Waals surface area (Å²) in [7, 11) is -2.97. The van der Waals surface area contributed by atoms with Gasteiger partial charge < -0.3 is 10.1 Å². The van der Waals surface area contributed by atoms with E-state index in [1.165, 1.54) is 6.26 Å². The highest BCUT2D eigenvalue weighted by Crippen LogP contribution is 2.19. The summed E-state index contributed by atoms with van der Waals surface area (Å²) in [4.78, 5) is 0. The predicted octanol–water partition coefficient (Wildman–Crippen LogP) is 2.91. The van der Waals surface area contributed by atoms with E-state index in [0.29, 0.717) is 17.2 Å². The second kappa shape index (κ2) is 8.61. The number of sulfone groups is 1. The number of hydrogen-bond acceptors (Lipinski definition) is 4. The molecule has 0 spiro atoms. The van der Waals surface area contributed by atoms with E-state index in [-0.39, 0.29) is 17.9 Å². The molecule has 0 saturated carbocycles. The maximum Gasteiger partial charge on any atom is 0.147 e. The Morgan fingerprint density at radius 3 is 2.67 bits per heavy atom. The average Bonchev–Trinajstić information content (AvgIpc) is 2.37. The Labute approximate surface area is 132 Å². The Kier molecular flexibility index (Phi) is 7.49. The van der Waals surface area contributed by atoms with Gasteiger partial charge in [0.05, 0.1) is 5.75 Å². The lowest BCUT2D eigenvalue weighted by molar-refractivity contribution is 0.167. The van der Waals surface area contributed by atoms with Gasteiger partial charge in [0.15, 0.2) is 0 Å². The summed E-state index contributed by atoms with van der Waals surface area (Å²) < 4.78 is 28.6. The van der Waals surface area contributed by atoms with Gasteiger partial charge in [-0.3, -0.25) is 0 Å². The minimum absolute atomic E-state index is 0.0151. The molecule has 2 atom stereocenters. The fourth-order valence-corrected chi connectivity index (χ4v) is 2.87. The number of ether oxygens (including phenoxy) is 1. The summed E-state index contributed by atoms with van der Waals surface area (Å²) >= 11 is 5.94. The van der Waals surface area contributed by atoms with Crippen molar-refractivity contribution in [2.24, 2.45) is 0 Å². The highest BCUT2D eigenvalue weighted by atomic mass is 35.5. The minimum Gasteiger partial charge on any atom is -0.489 e. The smallest absolute Gasteiger partial charge is 0.147 e. The van der Waals surface area contributed by atoms with Crippen molar-refractivity contribution in [3.05, 3.63) is 29.3 Å². The fourth-order valence-electron chi connectivity index (χ4n) is 2.01. The Morgan fingerprint density at radius 2 is 2.10 bits per heavy atom. The topological polar surface area (TPSA) is 55.4 Å². The molecular weight excluding hydrogens is 310 g/mol. The van der Waals surface area contributed by atoms with E-state index < -0.39 is 9.84 Å². The summed E-state index contributed by atoms with van der Waals surface area (Å²) in [5.41, 5.74) is 0. The zero-order valence-corrected chi connectivity index (χ0v) is 14.4. The number of benzene rings is 1. The molecule has 6 heteroatoms. The van der Waals surface area contributed by atoms with Gasteiger partial charge in [-0.2, -0.15) is 0 Å². The molecule has 1 rings (SSSR count). The van der Waals surface area contributed by atoms with Crippen LogP contribution < -0.4 is 10.1 Å². The third kappa shape index (κ3) is 7.69. The quantitative estimate of drug-likeness (QED) is 0.755. The SMILES string of the molecule is CCCNC(CCS(C)(=O)=O)C(C)Oc1cccc(Cl)c1. The van der Waals surface area contributed by atoms with Crippen LogP contribution in [0.3, 0.4) is 0 Å². The van der Waals surface area contributed by atoms with Crippen LogP contribution in [0, 0.1) is 0 Å². The van der Waals surface area contributed by atoms with Gasteiger partial charge in [-0.1, -0.05) is 24.6 Å². The molecule has 0 aliphatic heterocycles. The van der Waals surface area contributed by atoms with Crippen LogP contribution in [-0.4, -0.2) is 39.1 Å². The van der Waals surface area contributed by atoms with Crippen molar-refractivity contribution in [2.75, 3.05) is 18.6 Å². The normalized spacial score (nSPS) is 14.7. The first-order valence-electron chi connectivity index (χ1n) is 7.15. The molecule has 0 fully saturated rings. The van der Waals surface area contributed by atoms with Crippen LogP contribution in [0.1, 0.15) is 26.7 Å². The van der Waals surface area contributed by atoms with Gasteiger partial charge in [-0.05, 0) is 44.5 Å². The van der Waals surface area contributed by atoms with Gasteiger partial charge in [-0.15, -0.1) is 0 Å². The summed E-state index contributed by atoms with van der Waals surface area (Å²) in [5, 5.41) is 3.97. The fraction of sp³-hybridized carbons (Fsp3) is 0.600. The average molecular weight is 334 g/mol. The molecule has 0 saturated heterocycles. The first kappa shape index (κ1) is 18.3. The van der Waals surface area contributed by atoms with Crippen molar-refractivity contribution < 1.29 is 13.2 Å². The molecule has 0 heterocycles. The molecule has 21 heavy (non-hydrogen) atoms. The van der Waals surface area contributed by atoms with E-state index in [4.69, 9.17) is 16.3 Å². The summed E-state index contributed by atoms with van der Waals surface area (Å²) in [6.45, 7) is 4.84. The van der Waals surface area contributed by atoms with Crippen molar-refractivity contribution >= 4 is 21.4 Å². The van der Waals surface area contributed by atoms with Gasteiger partial charge >= 0.3 is 0 Å². The molecule has 2 unspecified atom stereocenters. The van der Waals surface area contributed by atoms with Crippen LogP contribution in [-0.2, 0) is 9.84 Å². The number of rotatable bonds is 9. The zero-order valence-electron chi connectivity index (χ0n) is 12.8. The summed E-state index contributed by atoms with van der Waals surface area (Å²) in [6, 6.07) is 7.20. The van der Waals surface area contributed by atoms with Gasteiger partial charge in [0, 0.05) is 17.3 Å². The molecule has 4 nitrogen and oxygen atoms in total. The maximum absolute atomic E-state index is 11.3. The monoisotopic (exact) mass is 333 g/mol. The molecule has 1 aromatic rings. The van der Waals surface area contributed by atoms with E-state index in [2.05, 4.69) is 12.2 Å².